The van der Waals surface area contributed by atoms with E-state index in [-0.39, 0.29) is 12.1 Å². The molecule has 5 nitrogen and oxygen atoms in total. The van der Waals surface area contributed by atoms with Crippen molar-refractivity contribution in [2.24, 2.45) is 11.8 Å². The van der Waals surface area contributed by atoms with Crippen LogP contribution < -0.4 is 5.32 Å². The van der Waals surface area contributed by atoms with Gasteiger partial charge in [-0.3, -0.25) is 0 Å². The van der Waals surface area contributed by atoms with Crippen molar-refractivity contribution in [2.45, 2.75) is 45.3 Å². The molecule has 18 heavy (non-hydrogen) atoms. The molecule has 1 aromatic heterocycles. The van der Waals surface area contributed by atoms with Crippen LogP contribution in [0.5, 0.6) is 0 Å². The van der Waals surface area contributed by atoms with Gasteiger partial charge in [-0.05, 0) is 44.6 Å². The van der Waals surface area contributed by atoms with E-state index in [4.69, 9.17) is 9.26 Å². The highest BCUT2D eigenvalue weighted by Gasteiger charge is 2.37. The van der Waals surface area contributed by atoms with Crippen molar-refractivity contribution in [1.82, 2.24) is 15.5 Å². The van der Waals surface area contributed by atoms with Gasteiger partial charge in [0.1, 0.15) is 6.10 Å². The van der Waals surface area contributed by atoms with Gasteiger partial charge in [-0.2, -0.15) is 4.98 Å². The molecule has 1 saturated carbocycles. The SMILES string of the molecule is CCOC(c1noc(C2NCCC2C)n1)C1CC1. The van der Waals surface area contributed by atoms with Crippen LogP contribution in [0.1, 0.15) is 57.0 Å². The Labute approximate surface area is 107 Å². The van der Waals surface area contributed by atoms with Crippen molar-refractivity contribution in [3.8, 4) is 0 Å². The quantitative estimate of drug-likeness (QED) is 0.869. The van der Waals surface area contributed by atoms with Crippen molar-refractivity contribution in [3.05, 3.63) is 11.7 Å². The minimum Gasteiger partial charge on any atom is -0.370 e. The summed E-state index contributed by atoms with van der Waals surface area (Å²) in [5.74, 6) is 2.60. The average Bonchev–Trinajstić information content (AvgIpc) is 2.93. The Kier molecular flexibility index (Phi) is 3.35. The first kappa shape index (κ1) is 12.1. The first-order valence-electron chi connectivity index (χ1n) is 6.98. The lowest BCUT2D eigenvalue weighted by molar-refractivity contribution is 0.0384. The van der Waals surface area contributed by atoms with Gasteiger partial charge in [0.15, 0.2) is 0 Å². The first-order chi connectivity index (χ1) is 8.79. The zero-order valence-corrected chi connectivity index (χ0v) is 11.1. The van der Waals surface area contributed by atoms with E-state index in [2.05, 4.69) is 22.4 Å². The second kappa shape index (κ2) is 4.97. The Morgan fingerprint density at radius 1 is 1.44 bits per heavy atom. The average molecular weight is 251 g/mol. The van der Waals surface area contributed by atoms with Gasteiger partial charge in [-0.25, -0.2) is 0 Å². The molecule has 1 saturated heterocycles. The van der Waals surface area contributed by atoms with E-state index in [0.29, 0.717) is 18.4 Å². The van der Waals surface area contributed by atoms with Gasteiger partial charge in [-0.1, -0.05) is 12.1 Å². The van der Waals surface area contributed by atoms with Crippen LogP contribution in [0.3, 0.4) is 0 Å². The van der Waals surface area contributed by atoms with Gasteiger partial charge in [0.2, 0.25) is 11.7 Å². The van der Waals surface area contributed by atoms with Crippen LogP contribution in [-0.4, -0.2) is 23.3 Å². The molecular formula is C13H21N3O2. The third-order valence-corrected chi connectivity index (χ3v) is 3.91. The summed E-state index contributed by atoms with van der Waals surface area (Å²) in [5, 5.41) is 7.54. The molecule has 1 aromatic rings. The maximum Gasteiger partial charge on any atom is 0.244 e. The molecule has 0 aromatic carbocycles. The minimum absolute atomic E-state index is 0.0317. The fraction of sp³-hybridized carbons (Fsp3) is 0.846. The van der Waals surface area contributed by atoms with Crippen LogP contribution in [0, 0.1) is 11.8 Å². The van der Waals surface area contributed by atoms with Crippen LogP contribution in [0.4, 0.5) is 0 Å². The molecule has 2 heterocycles. The number of rotatable bonds is 5. The number of hydrogen-bond acceptors (Lipinski definition) is 5. The van der Waals surface area contributed by atoms with Crippen LogP contribution >= 0.6 is 0 Å². The largest absolute Gasteiger partial charge is 0.370 e. The topological polar surface area (TPSA) is 60.2 Å². The molecule has 1 N–H and O–H groups in total. The molecule has 0 amide bonds. The van der Waals surface area contributed by atoms with Crippen LogP contribution in [-0.2, 0) is 4.74 Å². The molecule has 100 valence electrons. The number of nitrogens with one attached hydrogen (secondary N) is 1. The number of ether oxygens (including phenoxy) is 1. The molecule has 3 unspecified atom stereocenters. The maximum absolute atomic E-state index is 5.75. The summed E-state index contributed by atoms with van der Waals surface area (Å²) in [4.78, 5) is 4.56. The molecule has 1 aliphatic carbocycles. The van der Waals surface area contributed by atoms with E-state index in [9.17, 15) is 0 Å². The predicted molar refractivity (Wildman–Crippen MR) is 65.9 cm³/mol. The highest BCUT2D eigenvalue weighted by Crippen LogP contribution is 2.42. The highest BCUT2D eigenvalue weighted by molar-refractivity contribution is 5.02. The van der Waals surface area contributed by atoms with Gasteiger partial charge in [0.25, 0.3) is 0 Å². The number of nitrogens with zero attached hydrogens (tertiary/aromatic N) is 2. The third kappa shape index (κ3) is 2.29. The lowest BCUT2D eigenvalue weighted by Gasteiger charge is -2.12. The van der Waals surface area contributed by atoms with Crippen LogP contribution in [0.25, 0.3) is 0 Å². The van der Waals surface area contributed by atoms with Crippen molar-refractivity contribution < 1.29 is 9.26 Å². The zero-order valence-electron chi connectivity index (χ0n) is 11.1. The summed E-state index contributed by atoms with van der Waals surface area (Å²) in [6.45, 7) is 5.95. The molecule has 3 rings (SSSR count). The van der Waals surface area contributed by atoms with Crippen LogP contribution in [0.15, 0.2) is 4.52 Å². The number of hydrogen-bond donors (Lipinski definition) is 1. The van der Waals surface area contributed by atoms with E-state index in [1.165, 1.54) is 19.3 Å². The van der Waals surface area contributed by atoms with Crippen molar-refractivity contribution in [3.63, 3.8) is 0 Å². The molecule has 0 bridgehead atoms. The Balaban J connectivity index is 1.75. The van der Waals surface area contributed by atoms with E-state index in [1.54, 1.807) is 0 Å². The Hall–Kier alpha value is -0.940. The van der Waals surface area contributed by atoms with E-state index in [1.807, 2.05) is 6.92 Å². The van der Waals surface area contributed by atoms with Crippen molar-refractivity contribution >= 4 is 0 Å². The molecule has 5 heteroatoms. The Morgan fingerprint density at radius 3 is 2.89 bits per heavy atom. The summed E-state index contributed by atoms with van der Waals surface area (Å²) in [7, 11) is 0. The van der Waals surface area contributed by atoms with E-state index < -0.39 is 0 Å². The van der Waals surface area contributed by atoms with Gasteiger partial charge in [0, 0.05) is 6.61 Å². The summed E-state index contributed by atoms with van der Waals surface area (Å²) in [5.41, 5.74) is 0. The molecule has 2 aliphatic rings. The van der Waals surface area contributed by atoms with Gasteiger partial charge in [0.05, 0.1) is 6.04 Å². The molecule has 3 atom stereocenters. The highest BCUT2D eigenvalue weighted by atomic mass is 16.5. The fourth-order valence-corrected chi connectivity index (χ4v) is 2.65. The predicted octanol–water partition coefficient (Wildman–Crippen LogP) is 2.23. The monoisotopic (exact) mass is 251 g/mol. The van der Waals surface area contributed by atoms with E-state index in [0.717, 1.165) is 18.3 Å². The Bertz CT molecular complexity index is 403. The van der Waals surface area contributed by atoms with E-state index >= 15 is 0 Å². The summed E-state index contributed by atoms with van der Waals surface area (Å²) in [6, 6.07) is 0.215. The third-order valence-electron chi connectivity index (χ3n) is 3.91. The van der Waals surface area contributed by atoms with Gasteiger partial charge < -0.3 is 14.6 Å². The molecule has 0 radical (unpaired) electrons. The number of aromatic nitrogens is 2. The molecular weight excluding hydrogens is 230 g/mol. The molecule has 0 spiro atoms. The summed E-state index contributed by atoms with van der Waals surface area (Å²) in [6.07, 6.45) is 3.63. The normalized spacial score (nSPS) is 29.7. The van der Waals surface area contributed by atoms with Crippen molar-refractivity contribution in [1.29, 1.82) is 0 Å². The molecule has 2 fully saturated rings. The lowest BCUT2D eigenvalue weighted by Crippen LogP contribution is -2.17. The van der Waals surface area contributed by atoms with Crippen LogP contribution in [0.2, 0.25) is 0 Å². The summed E-state index contributed by atoms with van der Waals surface area (Å²) >= 11 is 0. The fourth-order valence-electron chi connectivity index (χ4n) is 2.65. The second-order valence-corrected chi connectivity index (χ2v) is 5.40. The van der Waals surface area contributed by atoms with Gasteiger partial charge >= 0.3 is 0 Å². The standard InChI is InChI=1S/C13H21N3O2/c1-3-17-11(9-4-5-9)12-15-13(18-16-12)10-8(2)6-7-14-10/h8-11,14H,3-7H2,1-2H3. The zero-order chi connectivity index (χ0) is 12.5. The Morgan fingerprint density at radius 2 is 2.28 bits per heavy atom. The maximum atomic E-state index is 5.75. The first-order valence-corrected chi connectivity index (χ1v) is 6.98. The second-order valence-electron chi connectivity index (χ2n) is 5.40. The van der Waals surface area contributed by atoms with Gasteiger partial charge in [-0.15, -0.1) is 0 Å². The summed E-state index contributed by atoms with van der Waals surface area (Å²) < 4.78 is 11.2. The van der Waals surface area contributed by atoms with Crippen molar-refractivity contribution in [2.75, 3.05) is 13.2 Å². The smallest absolute Gasteiger partial charge is 0.244 e. The minimum atomic E-state index is 0.0317. The lowest BCUT2D eigenvalue weighted by atomic mass is 10.0. The molecule has 1 aliphatic heterocycles.